The van der Waals surface area contributed by atoms with Crippen molar-refractivity contribution in [2.24, 2.45) is 5.92 Å². The Morgan fingerprint density at radius 3 is 2.45 bits per heavy atom. The zero-order valence-electron chi connectivity index (χ0n) is 18.8. The van der Waals surface area contributed by atoms with Gasteiger partial charge in [-0.05, 0) is 44.7 Å². The molecule has 1 heterocycles. The lowest BCUT2D eigenvalue weighted by Crippen LogP contribution is -2.48. The van der Waals surface area contributed by atoms with Crippen molar-refractivity contribution < 1.29 is 23.5 Å². The predicted molar refractivity (Wildman–Crippen MR) is 120 cm³/mol. The summed E-state index contributed by atoms with van der Waals surface area (Å²) in [5, 5.41) is 3.48. The van der Waals surface area contributed by atoms with Crippen molar-refractivity contribution >= 4 is 34.6 Å². The monoisotopic (exact) mass is 451 g/mol. The summed E-state index contributed by atoms with van der Waals surface area (Å²) in [4.78, 5) is 37.0. The van der Waals surface area contributed by atoms with Gasteiger partial charge in [0.25, 0.3) is 0 Å². The molecular formula is C23H30ClNO6. The highest BCUT2D eigenvalue weighted by Gasteiger charge is 2.30. The number of hydrogen-bond donors (Lipinski definition) is 1. The van der Waals surface area contributed by atoms with Crippen molar-refractivity contribution in [3.63, 3.8) is 0 Å². The molecule has 0 aliphatic heterocycles. The molecular weight excluding hydrogens is 422 g/mol. The van der Waals surface area contributed by atoms with E-state index in [1.807, 2.05) is 20.8 Å². The summed E-state index contributed by atoms with van der Waals surface area (Å²) in [6.07, 6.45) is 1.44. The van der Waals surface area contributed by atoms with Crippen molar-refractivity contribution in [2.75, 3.05) is 0 Å². The molecule has 8 heteroatoms. The molecule has 0 bridgehead atoms. The molecule has 2 atom stereocenters. The number of nitrogens with one attached hydrogen (secondary N) is 1. The smallest absolute Gasteiger partial charge is 0.408 e. The molecule has 0 saturated heterocycles. The van der Waals surface area contributed by atoms with E-state index in [1.54, 1.807) is 26.8 Å². The van der Waals surface area contributed by atoms with Crippen LogP contribution in [0.3, 0.4) is 0 Å². The zero-order valence-corrected chi connectivity index (χ0v) is 19.6. The number of ether oxygens (including phenoxy) is 2. The molecule has 0 radical (unpaired) electrons. The van der Waals surface area contributed by atoms with E-state index in [0.29, 0.717) is 18.2 Å². The van der Waals surface area contributed by atoms with E-state index in [4.69, 9.17) is 25.5 Å². The highest BCUT2D eigenvalue weighted by molar-refractivity contribution is 6.33. The average molecular weight is 452 g/mol. The number of carbonyl (C=O) groups excluding carboxylic acids is 2. The van der Waals surface area contributed by atoms with E-state index >= 15 is 0 Å². The molecule has 2 rings (SSSR count). The Morgan fingerprint density at radius 2 is 1.87 bits per heavy atom. The van der Waals surface area contributed by atoms with Crippen molar-refractivity contribution in [1.82, 2.24) is 5.32 Å². The maximum absolute atomic E-state index is 12.9. The Hall–Kier alpha value is -2.54. The number of hydrogen-bond acceptors (Lipinski definition) is 6. The van der Waals surface area contributed by atoms with Gasteiger partial charge >= 0.3 is 17.7 Å². The molecule has 0 saturated carbocycles. The molecule has 0 aliphatic rings. The second kappa shape index (κ2) is 10.2. The fourth-order valence-electron chi connectivity index (χ4n) is 3.06. The van der Waals surface area contributed by atoms with E-state index in [2.05, 4.69) is 5.32 Å². The molecule has 0 spiro atoms. The summed E-state index contributed by atoms with van der Waals surface area (Å²) < 4.78 is 16.0. The minimum absolute atomic E-state index is 0.0512. The first-order valence-corrected chi connectivity index (χ1v) is 10.8. The predicted octanol–water partition coefficient (Wildman–Crippen LogP) is 5.24. The number of rotatable bonds is 7. The van der Waals surface area contributed by atoms with E-state index in [-0.39, 0.29) is 22.3 Å². The fraction of sp³-hybridized carbons (Fsp3) is 0.522. The number of aryl methyl sites for hydroxylation is 1. The lowest BCUT2D eigenvalue weighted by atomic mass is 9.99. The van der Waals surface area contributed by atoms with Crippen molar-refractivity contribution in [3.05, 3.63) is 39.2 Å². The van der Waals surface area contributed by atoms with Crippen LogP contribution in [0, 0.1) is 5.92 Å². The van der Waals surface area contributed by atoms with Crippen LogP contribution in [0.1, 0.15) is 59.9 Å². The van der Waals surface area contributed by atoms with Crippen LogP contribution in [0.25, 0.3) is 11.0 Å². The topological polar surface area (TPSA) is 94.8 Å². The van der Waals surface area contributed by atoms with Crippen LogP contribution in [0.15, 0.2) is 27.4 Å². The molecule has 2 aromatic rings. The van der Waals surface area contributed by atoms with Gasteiger partial charge in [-0.1, -0.05) is 45.2 Å². The molecule has 1 amide bonds. The SMILES string of the molecule is CCCc1cc(=O)oc2cc(OC(=O)[C@H](NC(=O)OC(C)(C)C)[C@H](C)CC)c(Cl)cc12. The third-order valence-corrected chi connectivity index (χ3v) is 5.05. The molecule has 7 nitrogen and oxygen atoms in total. The Balaban J connectivity index is 2.33. The summed E-state index contributed by atoms with van der Waals surface area (Å²) in [7, 11) is 0. The van der Waals surface area contributed by atoms with Crippen molar-refractivity contribution in [1.29, 1.82) is 0 Å². The summed E-state index contributed by atoms with van der Waals surface area (Å²) in [5.41, 5.74) is -0.0933. The Labute approximate surface area is 187 Å². The lowest BCUT2D eigenvalue weighted by molar-refractivity contribution is -0.138. The number of fused-ring (bicyclic) bond motifs is 1. The minimum Gasteiger partial charge on any atom is -0.444 e. The molecule has 0 fully saturated rings. The molecule has 31 heavy (non-hydrogen) atoms. The van der Waals surface area contributed by atoms with E-state index in [0.717, 1.165) is 12.0 Å². The van der Waals surface area contributed by atoms with Gasteiger partial charge in [0.2, 0.25) is 0 Å². The summed E-state index contributed by atoms with van der Waals surface area (Å²) >= 11 is 6.36. The van der Waals surface area contributed by atoms with Gasteiger partial charge in [0.1, 0.15) is 17.2 Å². The number of halogens is 1. The largest absolute Gasteiger partial charge is 0.444 e. The second-order valence-electron chi connectivity index (χ2n) is 8.55. The first-order chi connectivity index (χ1) is 14.4. The van der Waals surface area contributed by atoms with Crippen LogP contribution in [0.4, 0.5) is 4.79 Å². The highest BCUT2D eigenvalue weighted by atomic mass is 35.5. The van der Waals surface area contributed by atoms with Gasteiger partial charge in [0.05, 0.1) is 5.02 Å². The van der Waals surface area contributed by atoms with Gasteiger partial charge < -0.3 is 19.2 Å². The van der Waals surface area contributed by atoms with Gasteiger partial charge in [0.15, 0.2) is 5.75 Å². The average Bonchev–Trinajstić information content (AvgIpc) is 2.65. The van der Waals surface area contributed by atoms with Gasteiger partial charge in [-0.15, -0.1) is 0 Å². The number of amides is 1. The number of carbonyl (C=O) groups is 2. The van der Waals surface area contributed by atoms with Crippen LogP contribution >= 0.6 is 11.6 Å². The number of esters is 1. The normalized spacial score (nSPS) is 13.5. The number of benzene rings is 1. The number of alkyl carbamates (subject to hydrolysis) is 1. The van der Waals surface area contributed by atoms with Gasteiger partial charge in [-0.25, -0.2) is 14.4 Å². The zero-order chi connectivity index (χ0) is 23.3. The lowest BCUT2D eigenvalue weighted by Gasteiger charge is -2.25. The molecule has 0 unspecified atom stereocenters. The molecule has 0 aliphatic carbocycles. The van der Waals surface area contributed by atoms with Gasteiger partial charge in [-0.2, -0.15) is 0 Å². The molecule has 1 N–H and O–H groups in total. The first-order valence-electron chi connectivity index (χ1n) is 10.4. The Kier molecular flexibility index (Phi) is 8.12. The molecule has 170 valence electrons. The van der Waals surface area contributed by atoms with E-state index in [9.17, 15) is 14.4 Å². The summed E-state index contributed by atoms with van der Waals surface area (Å²) in [6, 6.07) is 3.55. The van der Waals surface area contributed by atoms with E-state index in [1.165, 1.54) is 12.1 Å². The highest BCUT2D eigenvalue weighted by Crippen LogP contribution is 2.32. The quantitative estimate of drug-likeness (QED) is 0.351. The van der Waals surface area contributed by atoms with Crippen molar-refractivity contribution in [2.45, 2.75) is 72.4 Å². The summed E-state index contributed by atoms with van der Waals surface area (Å²) in [5.74, 6) is -0.850. The van der Waals surface area contributed by atoms with Gasteiger partial charge in [-0.3, -0.25) is 0 Å². The third-order valence-electron chi connectivity index (χ3n) is 4.75. The standard InChI is InChI=1S/C23H30ClNO6/c1-7-9-14-10-19(26)29-17-12-18(16(24)11-15(14)17)30-21(27)20(13(3)8-2)25-22(28)31-23(4,5)6/h10-13,20H,7-9H2,1-6H3,(H,25,28)/t13-,20-/m1/s1. The van der Waals surface area contributed by atoms with Crippen LogP contribution in [0.5, 0.6) is 5.75 Å². The maximum atomic E-state index is 12.9. The molecule has 1 aromatic carbocycles. The summed E-state index contributed by atoms with van der Waals surface area (Å²) in [6.45, 7) is 10.9. The van der Waals surface area contributed by atoms with Crippen molar-refractivity contribution in [3.8, 4) is 5.75 Å². The Morgan fingerprint density at radius 1 is 1.19 bits per heavy atom. The van der Waals surface area contributed by atoms with Crippen LogP contribution < -0.4 is 15.7 Å². The second-order valence-corrected chi connectivity index (χ2v) is 8.96. The maximum Gasteiger partial charge on any atom is 0.408 e. The molecule has 1 aromatic heterocycles. The van der Waals surface area contributed by atoms with Gasteiger partial charge in [0, 0.05) is 17.5 Å². The minimum atomic E-state index is -0.940. The van der Waals surface area contributed by atoms with Crippen LogP contribution in [-0.4, -0.2) is 23.7 Å². The van der Waals surface area contributed by atoms with Crippen LogP contribution in [-0.2, 0) is 16.0 Å². The fourth-order valence-corrected chi connectivity index (χ4v) is 3.26. The third kappa shape index (κ3) is 6.72. The Bertz CT molecular complexity index is 1010. The van der Waals surface area contributed by atoms with Crippen LogP contribution in [0.2, 0.25) is 5.02 Å². The van der Waals surface area contributed by atoms with E-state index < -0.39 is 29.3 Å². The first kappa shape index (κ1) is 24.7.